The van der Waals surface area contributed by atoms with Crippen molar-refractivity contribution >= 4 is 17.6 Å². The third kappa shape index (κ3) is 1.48. The Morgan fingerprint density at radius 3 is 3.18 bits per heavy atom. The molecule has 0 amide bonds. The van der Waals surface area contributed by atoms with Crippen molar-refractivity contribution < 1.29 is 9.53 Å². The van der Waals surface area contributed by atoms with Crippen LogP contribution in [0.4, 0.5) is 0 Å². The van der Waals surface area contributed by atoms with Crippen LogP contribution in [0.3, 0.4) is 0 Å². The number of H-pyrrole nitrogens is 1. The van der Waals surface area contributed by atoms with Crippen molar-refractivity contribution in [3.05, 3.63) is 34.8 Å². The van der Waals surface area contributed by atoms with Crippen LogP contribution in [-0.4, -0.2) is 18.1 Å². The highest BCUT2D eigenvalue weighted by Crippen LogP contribution is 2.33. The van der Waals surface area contributed by atoms with Crippen molar-refractivity contribution in [3.8, 4) is 0 Å². The molecule has 2 N–H and O–H groups in total. The van der Waals surface area contributed by atoms with Crippen LogP contribution < -0.4 is 5.32 Å². The molecule has 2 aliphatic rings. The fourth-order valence-corrected chi connectivity index (χ4v) is 2.50. The Labute approximate surface area is 99.4 Å². The Morgan fingerprint density at radius 1 is 1.47 bits per heavy atom. The fourth-order valence-electron chi connectivity index (χ4n) is 2.50. The fraction of sp³-hybridized carbons (Fsp3) is 0.308. The van der Waals surface area contributed by atoms with Crippen LogP contribution in [0.2, 0.25) is 0 Å². The lowest BCUT2D eigenvalue weighted by atomic mass is 9.93. The number of aromatic amines is 1. The Kier molecular flexibility index (Phi) is 2.28. The predicted molar refractivity (Wildman–Crippen MR) is 65.0 cm³/mol. The summed E-state index contributed by atoms with van der Waals surface area (Å²) in [4.78, 5) is 15.0. The summed E-state index contributed by atoms with van der Waals surface area (Å²) in [6.07, 6.45) is 7.84. The number of carbonyl (C=O) groups is 1. The zero-order valence-corrected chi connectivity index (χ0v) is 9.67. The Morgan fingerprint density at radius 2 is 2.35 bits per heavy atom. The van der Waals surface area contributed by atoms with Crippen molar-refractivity contribution in [2.24, 2.45) is 0 Å². The largest absolute Gasteiger partial charge is 0.465 e. The van der Waals surface area contributed by atoms with Gasteiger partial charge in [-0.3, -0.25) is 0 Å². The molecule has 2 heterocycles. The number of carbonyl (C=O) groups excluding carboxylic acids is 1. The van der Waals surface area contributed by atoms with E-state index in [0.717, 1.165) is 30.8 Å². The number of hydrogen-bond donors (Lipinski definition) is 2. The second-order valence-electron chi connectivity index (χ2n) is 4.23. The average molecular weight is 230 g/mol. The van der Waals surface area contributed by atoms with Gasteiger partial charge in [0.05, 0.1) is 24.9 Å². The predicted octanol–water partition coefficient (Wildman–Crippen LogP) is 1.59. The van der Waals surface area contributed by atoms with Gasteiger partial charge >= 0.3 is 5.97 Å². The van der Waals surface area contributed by atoms with Gasteiger partial charge in [-0.25, -0.2) is 4.79 Å². The molecule has 0 bridgehead atoms. The summed E-state index contributed by atoms with van der Waals surface area (Å²) in [6, 6.07) is 0. The van der Waals surface area contributed by atoms with Crippen LogP contribution in [0.1, 0.15) is 28.9 Å². The quantitative estimate of drug-likeness (QED) is 0.720. The highest BCUT2D eigenvalue weighted by Gasteiger charge is 2.25. The maximum atomic E-state index is 11.7. The highest BCUT2D eigenvalue weighted by molar-refractivity contribution is 6.16. The Bertz CT molecular complexity index is 538. The number of fused-ring (bicyclic) bond motifs is 3. The van der Waals surface area contributed by atoms with E-state index in [1.54, 1.807) is 0 Å². The van der Waals surface area contributed by atoms with Gasteiger partial charge in [-0.05, 0) is 30.7 Å². The highest BCUT2D eigenvalue weighted by atomic mass is 16.5. The number of hydrogen-bond acceptors (Lipinski definition) is 3. The zero-order chi connectivity index (χ0) is 11.8. The van der Waals surface area contributed by atoms with E-state index in [-0.39, 0.29) is 5.97 Å². The lowest BCUT2D eigenvalue weighted by molar-refractivity contribution is -0.133. The van der Waals surface area contributed by atoms with E-state index in [9.17, 15) is 4.79 Å². The molecule has 0 fully saturated rings. The molecule has 4 nitrogen and oxygen atoms in total. The standard InChI is InChI=1S/C13H14N2O2/c1-17-13(16)10-4-2-3-9-8-5-6-14-7-11(8)15-12(9)10/h4-6,14-15H,2-3,7H2,1H3. The van der Waals surface area contributed by atoms with Gasteiger partial charge in [0.1, 0.15) is 0 Å². The second-order valence-corrected chi connectivity index (χ2v) is 4.23. The van der Waals surface area contributed by atoms with E-state index in [2.05, 4.69) is 16.4 Å². The van der Waals surface area contributed by atoms with Crippen molar-refractivity contribution in [1.29, 1.82) is 0 Å². The number of allylic oxidation sites excluding steroid dienone is 1. The van der Waals surface area contributed by atoms with E-state index < -0.39 is 0 Å². The number of methoxy groups -OCH3 is 1. The maximum absolute atomic E-state index is 11.7. The molecule has 1 aromatic rings. The first kappa shape index (κ1) is 10.2. The molecule has 1 aliphatic carbocycles. The summed E-state index contributed by atoms with van der Waals surface area (Å²) in [5.74, 6) is -0.263. The SMILES string of the molecule is COC(=O)C1=CCCc2c1[nH]c1c2C=CNC1. The van der Waals surface area contributed by atoms with E-state index in [4.69, 9.17) is 4.74 Å². The van der Waals surface area contributed by atoms with Gasteiger partial charge in [0.15, 0.2) is 0 Å². The van der Waals surface area contributed by atoms with Crippen molar-refractivity contribution in [3.63, 3.8) is 0 Å². The number of nitrogens with one attached hydrogen (secondary N) is 2. The number of esters is 1. The topological polar surface area (TPSA) is 54.1 Å². The molecule has 17 heavy (non-hydrogen) atoms. The molecular formula is C13H14N2O2. The monoisotopic (exact) mass is 230 g/mol. The molecule has 1 aliphatic heterocycles. The van der Waals surface area contributed by atoms with Gasteiger partial charge in [0.25, 0.3) is 0 Å². The molecule has 0 atom stereocenters. The number of aromatic nitrogens is 1. The molecule has 88 valence electrons. The molecule has 1 aromatic heterocycles. The van der Waals surface area contributed by atoms with E-state index in [1.165, 1.54) is 18.2 Å². The van der Waals surface area contributed by atoms with Crippen LogP contribution in [0.25, 0.3) is 11.6 Å². The molecule has 0 aromatic carbocycles. The first-order chi connectivity index (χ1) is 8.31. The first-order valence-corrected chi connectivity index (χ1v) is 5.73. The van der Waals surface area contributed by atoms with Crippen LogP contribution in [0, 0.1) is 0 Å². The van der Waals surface area contributed by atoms with E-state index in [1.807, 2.05) is 12.3 Å². The van der Waals surface area contributed by atoms with Crippen molar-refractivity contribution in [2.75, 3.05) is 7.11 Å². The second kappa shape index (κ2) is 3.80. The van der Waals surface area contributed by atoms with E-state index in [0.29, 0.717) is 5.57 Å². The van der Waals surface area contributed by atoms with Crippen LogP contribution in [-0.2, 0) is 22.5 Å². The molecule has 4 heteroatoms. The molecule has 0 unspecified atom stereocenters. The van der Waals surface area contributed by atoms with Gasteiger partial charge in [-0.2, -0.15) is 0 Å². The Balaban J connectivity index is 2.12. The third-order valence-electron chi connectivity index (χ3n) is 3.29. The van der Waals surface area contributed by atoms with Crippen molar-refractivity contribution in [1.82, 2.24) is 10.3 Å². The third-order valence-corrected chi connectivity index (χ3v) is 3.29. The normalized spacial score (nSPS) is 16.6. The Hall–Kier alpha value is -1.97. The van der Waals surface area contributed by atoms with E-state index >= 15 is 0 Å². The molecule has 0 radical (unpaired) electrons. The maximum Gasteiger partial charge on any atom is 0.339 e. The smallest absolute Gasteiger partial charge is 0.339 e. The van der Waals surface area contributed by atoms with Gasteiger partial charge in [0, 0.05) is 11.3 Å². The van der Waals surface area contributed by atoms with Crippen LogP contribution in [0.5, 0.6) is 0 Å². The zero-order valence-electron chi connectivity index (χ0n) is 9.67. The number of rotatable bonds is 1. The minimum Gasteiger partial charge on any atom is -0.465 e. The summed E-state index contributed by atoms with van der Waals surface area (Å²) < 4.78 is 4.82. The lowest BCUT2D eigenvalue weighted by Crippen LogP contribution is -2.09. The summed E-state index contributed by atoms with van der Waals surface area (Å²) in [6.45, 7) is 0.785. The molecule has 0 saturated heterocycles. The molecule has 3 rings (SSSR count). The van der Waals surface area contributed by atoms with Gasteiger partial charge in [-0.15, -0.1) is 0 Å². The lowest BCUT2D eigenvalue weighted by Gasteiger charge is -2.13. The summed E-state index contributed by atoms with van der Waals surface area (Å²) >= 11 is 0. The first-order valence-electron chi connectivity index (χ1n) is 5.73. The summed E-state index contributed by atoms with van der Waals surface area (Å²) in [7, 11) is 1.42. The molecule has 0 saturated carbocycles. The van der Waals surface area contributed by atoms with Crippen molar-refractivity contribution in [2.45, 2.75) is 19.4 Å². The van der Waals surface area contributed by atoms with Gasteiger partial charge in [-0.1, -0.05) is 6.08 Å². The van der Waals surface area contributed by atoms with Gasteiger partial charge < -0.3 is 15.0 Å². The van der Waals surface area contributed by atoms with Crippen LogP contribution >= 0.6 is 0 Å². The molecular weight excluding hydrogens is 216 g/mol. The minimum atomic E-state index is -0.263. The van der Waals surface area contributed by atoms with Crippen LogP contribution in [0.15, 0.2) is 12.3 Å². The summed E-state index contributed by atoms with van der Waals surface area (Å²) in [5, 5.41) is 3.16. The summed E-state index contributed by atoms with van der Waals surface area (Å²) in [5.41, 5.74) is 5.21. The minimum absolute atomic E-state index is 0.263. The number of ether oxygens (including phenoxy) is 1. The average Bonchev–Trinajstić information content (AvgIpc) is 2.76. The van der Waals surface area contributed by atoms with Gasteiger partial charge in [0.2, 0.25) is 0 Å². The molecule has 0 spiro atoms.